The van der Waals surface area contributed by atoms with Crippen molar-refractivity contribution in [2.45, 2.75) is 38.1 Å². The molecule has 6 nitrogen and oxygen atoms in total. The monoisotopic (exact) mass is 330 g/mol. The van der Waals surface area contributed by atoms with Gasteiger partial charge < -0.3 is 10.1 Å². The minimum atomic E-state index is -0.648. The van der Waals surface area contributed by atoms with Gasteiger partial charge in [-0.3, -0.25) is 10.1 Å². The highest BCUT2D eigenvalue weighted by atomic mass is 16.5. The third-order valence-corrected chi connectivity index (χ3v) is 3.75. The molecule has 1 aromatic rings. The van der Waals surface area contributed by atoms with Crippen LogP contribution in [-0.2, 0) is 14.3 Å². The van der Waals surface area contributed by atoms with E-state index in [9.17, 15) is 14.4 Å². The molecule has 0 aromatic heterocycles. The lowest BCUT2D eigenvalue weighted by Gasteiger charge is -2.22. The van der Waals surface area contributed by atoms with Crippen LogP contribution in [-0.4, -0.2) is 30.6 Å². The summed E-state index contributed by atoms with van der Waals surface area (Å²) in [6.45, 7) is -0.490. The van der Waals surface area contributed by atoms with Crippen molar-refractivity contribution in [3.8, 4) is 0 Å². The normalized spacial score (nSPS) is 15.0. The lowest BCUT2D eigenvalue weighted by Crippen LogP contribution is -2.46. The quantitative estimate of drug-likeness (QED) is 0.641. The fourth-order valence-electron chi connectivity index (χ4n) is 2.54. The van der Waals surface area contributed by atoms with Crippen LogP contribution in [0.3, 0.4) is 0 Å². The molecule has 0 unspecified atom stereocenters. The number of rotatable bonds is 5. The highest BCUT2D eigenvalue weighted by Crippen LogP contribution is 2.17. The molecule has 1 saturated carbocycles. The second-order valence-corrected chi connectivity index (χ2v) is 5.71. The van der Waals surface area contributed by atoms with Crippen molar-refractivity contribution >= 4 is 24.0 Å². The lowest BCUT2D eigenvalue weighted by atomic mass is 9.96. The van der Waals surface area contributed by atoms with Gasteiger partial charge in [-0.2, -0.15) is 0 Å². The fraction of sp³-hybridized carbons (Fsp3) is 0.389. The van der Waals surface area contributed by atoms with Gasteiger partial charge in [-0.15, -0.1) is 0 Å². The van der Waals surface area contributed by atoms with E-state index in [2.05, 4.69) is 10.6 Å². The minimum absolute atomic E-state index is 0.114. The van der Waals surface area contributed by atoms with Crippen LogP contribution in [0.4, 0.5) is 4.79 Å². The first kappa shape index (κ1) is 17.7. The van der Waals surface area contributed by atoms with Gasteiger partial charge in [0.2, 0.25) is 0 Å². The van der Waals surface area contributed by atoms with Gasteiger partial charge in [-0.1, -0.05) is 49.6 Å². The molecule has 2 rings (SSSR count). The Morgan fingerprint density at radius 3 is 2.50 bits per heavy atom. The first-order valence-electron chi connectivity index (χ1n) is 8.14. The molecule has 2 N–H and O–H groups in total. The van der Waals surface area contributed by atoms with E-state index < -0.39 is 24.5 Å². The fourth-order valence-corrected chi connectivity index (χ4v) is 2.54. The molecule has 0 saturated heterocycles. The smallest absolute Gasteiger partial charge is 0.331 e. The zero-order valence-electron chi connectivity index (χ0n) is 13.5. The number of hydrogen-bond acceptors (Lipinski definition) is 4. The molecule has 128 valence electrons. The van der Waals surface area contributed by atoms with Crippen molar-refractivity contribution in [1.29, 1.82) is 0 Å². The maximum atomic E-state index is 11.7. The zero-order valence-corrected chi connectivity index (χ0v) is 13.5. The number of esters is 1. The molecule has 24 heavy (non-hydrogen) atoms. The Balaban J connectivity index is 1.65. The van der Waals surface area contributed by atoms with Crippen LogP contribution in [0.5, 0.6) is 0 Å². The van der Waals surface area contributed by atoms with Crippen LogP contribution in [0.2, 0.25) is 0 Å². The molecule has 0 spiro atoms. The third kappa shape index (κ3) is 6.64. The first-order chi connectivity index (χ1) is 11.6. The summed E-state index contributed by atoms with van der Waals surface area (Å²) in [7, 11) is 0. The van der Waals surface area contributed by atoms with Crippen LogP contribution in [0.1, 0.15) is 37.7 Å². The van der Waals surface area contributed by atoms with E-state index in [1.807, 2.05) is 30.3 Å². The number of carbonyl (C=O) groups is 3. The maximum Gasteiger partial charge on any atom is 0.331 e. The summed E-state index contributed by atoms with van der Waals surface area (Å²) in [6.07, 6.45) is 8.06. The summed E-state index contributed by atoms with van der Waals surface area (Å²) in [5, 5.41) is 4.92. The Kier molecular flexibility index (Phi) is 7.01. The van der Waals surface area contributed by atoms with Crippen molar-refractivity contribution in [2.24, 2.45) is 0 Å². The van der Waals surface area contributed by atoms with Crippen molar-refractivity contribution < 1.29 is 19.1 Å². The van der Waals surface area contributed by atoms with E-state index >= 15 is 0 Å². The minimum Gasteiger partial charge on any atom is -0.452 e. The van der Waals surface area contributed by atoms with Crippen molar-refractivity contribution in [2.75, 3.05) is 6.61 Å². The summed E-state index contributed by atoms with van der Waals surface area (Å²) < 4.78 is 4.80. The van der Waals surface area contributed by atoms with E-state index in [0.29, 0.717) is 0 Å². The molecule has 1 aromatic carbocycles. The van der Waals surface area contributed by atoms with Crippen molar-refractivity contribution in [3.05, 3.63) is 42.0 Å². The standard InChI is InChI=1S/C18H22N2O4/c21-16(20-18(23)19-15-9-5-2-6-10-15)13-24-17(22)12-11-14-7-3-1-4-8-14/h1,3-4,7-8,11-12,15H,2,5-6,9-10,13H2,(H2,19,20,21,23)/b12-11+. The van der Waals surface area contributed by atoms with Gasteiger partial charge in [0.1, 0.15) is 0 Å². The SMILES string of the molecule is O=C(COC(=O)/C=C/c1ccccc1)NC(=O)NC1CCCCC1. The van der Waals surface area contributed by atoms with E-state index in [0.717, 1.165) is 31.2 Å². The Morgan fingerprint density at radius 1 is 1.08 bits per heavy atom. The van der Waals surface area contributed by atoms with Crippen LogP contribution >= 0.6 is 0 Å². The number of urea groups is 1. The molecule has 0 bridgehead atoms. The van der Waals surface area contributed by atoms with Gasteiger partial charge >= 0.3 is 12.0 Å². The van der Waals surface area contributed by atoms with E-state index in [4.69, 9.17) is 4.74 Å². The summed E-state index contributed by atoms with van der Waals surface area (Å²) in [4.78, 5) is 34.8. The van der Waals surface area contributed by atoms with Crippen LogP contribution in [0.15, 0.2) is 36.4 Å². The number of nitrogens with one attached hydrogen (secondary N) is 2. The van der Waals surface area contributed by atoms with Crippen molar-refractivity contribution in [3.63, 3.8) is 0 Å². The summed E-state index contributed by atoms with van der Waals surface area (Å²) in [5.74, 6) is -1.29. The molecular weight excluding hydrogens is 308 g/mol. The Bertz CT molecular complexity index is 592. The average Bonchev–Trinajstić information content (AvgIpc) is 2.60. The third-order valence-electron chi connectivity index (χ3n) is 3.75. The van der Waals surface area contributed by atoms with Gasteiger partial charge in [0.25, 0.3) is 5.91 Å². The molecule has 0 aliphatic heterocycles. The molecule has 6 heteroatoms. The second kappa shape index (κ2) is 9.50. The highest BCUT2D eigenvalue weighted by molar-refractivity contribution is 5.96. The highest BCUT2D eigenvalue weighted by Gasteiger charge is 2.17. The Labute approximate surface area is 141 Å². The predicted molar refractivity (Wildman–Crippen MR) is 90.0 cm³/mol. The predicted octanol–water partition coefficient (Wildman–Crippen LogP) is 2.40. The van der Waals surface area contributed by atoms with Crippen LogP contribution in [0.25, 0.3) is 6.08 Å². The molecule has 1 fully saturated rings. The van der Waals surface area contributed by atoms with E-state index in [1.54, 1.807) is 6.08 Å². The largest absolute Gasteiger partial charge is 0.452 e. The number of imide groups is 1. The average molecular weight is 330 g/mol. The molecule has 3 amide bonds. The van der Waals surface area contributed by atoms with Gasteiger partial charge in [-0.25, -0.2) is 9.59 Å². The topological polar surface area (TPSA) is 84.5 Å². The molecule has 0 radical (unpaired) electrons. The summed E-state index contributed by atoms with van der Waals surface area (Å²) in [5.41, 5.74) is 0.853. The molecule has 1 aliphatic rings. The van der Waals surface area contributed by atoms with E-state index in [-0.39, 0.29) is 6.04 Å². The van der Waals surface area contributed by atoms with Gasteiger partial charge in [0.15, 0.2) is 6.61 Å². The molecule has 0 heterocycles. The summed E-state index contributed by atoms with van der Waals surface area (Å²) in [6, 6.07) is 8.83. The van der Waals surface area contributed by atoms with Gasteiger partial charge in [0.05, 0.1) is 0 Å². The first-order valence-corrected chi connectivity index (χ1v) is 8.14. The van der Waals surface area contributed by atoms with Crippen LogP contribution in [0, 0.1) is 0 Å². The van der Waals surface area contributed by atoms with Crippen molar-refractivity contribution in [1.82, 2.24) is 10.6 Å². The molecule has 0 atom stereocenters. The van der Waals surface area contributed by atoms with E-state index in [1.165, 1.54) is 12.5 Å². The summed E-state index contributed by atoms with van der Waals surface area (Å²) >= 11 is 0. The number of carbonyl (C=O) groups excluding carboxylic acids is 3. The Hall–Kier alpha value is -2.63. The number of hydrogen-bond donors (Lipinski definition) is 2. The zero-order chi connectivity index (χ0) is 17.2. The molecular formula is C18H22N2O4. The van der Waals surface area contributed by atoms with Gasteiger partial charge in [0, 0.05) is 12.1 Å². The van der Waals surface area contributed by atoms with Gasteiger partial charge in [-0.05, 0) is 24.5 Å². The second-order valence-electron chi connectivity index (χ2n) is 5.71. The van der Waals surface area contributed by atoms with Crippen LogP contribution < -0.4 is 10.6 Å². The molecule has 1 aliphatic carbocycles. The maximum absolute atomic E-state index is 11.7. The number of amides is 3. The number of ether oxygens (including phenoxy) is 1. The number of benzene rings is 1. The Morgan fingerprint density at radius 2 is 1.79 bits per heavy atom. The lowest BCUT2D eigenvalue weighted by molar-refractivity contribution is -0.143.